The fraction of sp³-hybridized carbons (Fsp3) is 0.652. The molecule has 2 bridgehead atoms. The van der Waals surface area contributed by atoms with Gasteiger partial charge >= 0.3 is 12.1 Å². The summed E-state index contributed by atoms with van der Waals surface area (Å²) in [7, 11) is 2.19. The van der Waals surface area contributed by atoms with E-state index < -0.39 is 12.2 Å². The smallest absolute Gasteiger partial charge is 0.407 e. The zero-order valence-electron chi connectivity index (χ0n) is 18.1. The normalized spacial score (nSPS) is 32.6. The molecule has 168 valence electrons. The number of rotatable bonds is 5. The first-order chi connectivity index (χ1) is 15.0. The third-order valence-electron chi connectivity index (χ3n) is 7.70. The Morgan fingerprint density at radius 3 is 3.00 bits per heavy atom. The van der Waals surface area contributed by atoms with Gasteiger partial charge in [0.25, 0.3) is 0 Å². The number of benzene rings is 1. The molecule has 1 aromatic rings. The number of piperidine rings is 1. The SMILES string of the molecule is CCOC(=O)CCNC(=O)O[C@H]1CC[C@H]2[C@H]3Cc4ccc(O)c5c4[C@@]2(CCN3C)[C@H]1O5. The van der Waals surface area contributed by atoms with Crippen LogP contribution in [0.25, 0.3) is 0 Å². The van der Waals surface area contributed by atoms with Crippen molar-refractivity contribution in [3.05, 3.63) is 23.3 Å². The molecule has 2 fully saturated rings. The van der Waals surface area contributed by atoms with Gasteiger partial charge < -0.3 is 29.5 Å². The van der Waals surface area contributed by atoms with Crippen molar-refractivity contribution in [2.24, 2.45) is 5.92 Å². The van der Waals surface area contributed by atoms with Gasteiger partial charge in [0.15, 0.2) is 11.5 Å². The van der Waals surface area contributed by atoms with Gasteiger partial charge in [-0.2, -0.15) is 0 Å². The van der Waals surface area contributed by atoms with Gasteiger partial charge in [-0.05, 0) is 63.7 Å². The van der Waals surface area contributed by atoms with E-state index in [0.717, 1.165) is 37.8 Å². The number of ether oxygens (including phenoxy) is 3. The molecular weight excluding hydrogens is 400 g/mol. The van der Waals surface area contributed by atoms with E-state index in [1.807, 2.05) is 6.07 Å². The Balaban J connectivity index is 1.37. The first kappa shape index (κ1) is 20.4. The van der Waals surface area contributed by atoms with Crippen LogP contribution in [0, 0.1) is 5.92 Å². The highest BCUT2D eigenvalue weighted by atomic mass is 16.6. The number of aromatic hydroxyl groups is 1. The van der Waals surface area contributed by atoms with Crippen LogP contribution in [0.4, 0.5) is 4.79 Å². The molecule has 1 saturated heterocycles. The van der Waals surface area contributed by atoms with Crippen molar-refractivity contribution in [3.8, 4) is 11.5 Å². The number of carbonyl (C=O) groups excluding carboxylic acids is 2. The lowest BCUT2D eigenvalue weighted by molar-refractivity contribution is -0.142. The molecule has 2 heterocycles. The fourth-order valence-electron chi connectivity index (χ4n) is 6.49. The Morgan fingerprint density at radius 1 is 1.35 bits per heavy atom. The summed E-state index contributed by atoms with van der Waals surface area (Å²) in [6.45, 7) is 3.19. The van der Waals surface area contributed by atoms with Crippen LogP contribution in [0.15, 0.2) is 12.1 Å². The number of likely N-dealkylation sites (tertiary alicyclic amines) is 1. The maximum Gasteiger partial charge on any atom is 0.407 e. The second-order valence-electron chi connectivity index (χ2n) is 9.14. The molecule has 0 unspecified atom stereocenters. The third-order valence-corrected chi connectivity index (χ3v) is 7.70. The standard InChI is InChI=1S/C23H30N2O6/c1-3-29-18(27)8-10-24-22(28)30-17-7-5-14-15-12-13-4-6-16(26)20-19(13)23(14,21(17)31-20)9-11-25(15)2/h4,6,14-15,17,21,26H,3,5,7-12H2,1-2H3,(H,24,28)/t14-,15+,17-,21-,23-/m0/s1. The Morgan fingerprint density at radius 2 is 2.19 bits per heavy atom. The molecule has 8 nitrogen and oxygen atoms in total. The van der Waals surface area contributed by atoms with Crippen molar-refractivity contribution in [2.45, 2.75) is 62.7 Å². The second-order valence-corrected chi connectivity index (χ2v) is 9.14. The lowest BCUT2D eigenvalue weighted by Gasteiger charge is -2.58. The van der Waals surface area contributed by atoms with E-state index in [1.165, 1.54) is 5.56 Å². The van der Waals surface area contributed by atoms with Gasteiger partial charge in [0.05, 0.1) is 13.0 Å². The summed E-state index contributed by atoms with van der Waals surface area (Å²) in [5.74, 6) is 0.808. The van der Waals surface area contributed by atoms with E-state index in [1.54, 1.807) is 13.0 Å². The molecular formula is C23H30N2O6. The van der Waals surface area contributed by atoms with Crippen LogP contribution >= 0.6 is 0 Å². The van der Waals surface area contributed by atoms with Gasteiger partial charge in [-0.3, -0.25) is 4.79 Å². The molecule has 2 N–H and O–H groups in total. The third kappa shape index (κ3) is 3.06. The fourth-order valence-corrected chi connectivity index (χ4v) is 6.49. The Kier molecular flexibility index (Phi) is 5.00. The van der Waals surface area contributed by atoms with Gasteiger partial charge in [-0.1, -0.05) is 6.07 Å². The molecule has 2 aliphatic heterocycles. The van der Waals surface area contributed by atoms with E-state index in [4.69, 9.17) is 14.2 Å². The highest BCUT2D eigenvalue weighted by Gasteiger charge is 2.66. The number of nitrogens with one attached hydrogen (secondary N) is 1. The topological polar surface area (TPSA) is 97.3 Å². The molecule has 2 aliphatic carbocycles. The summed E-state index contributed by atoms with van der Waals surface area (Å²) >= 11 is 0. The van der Waals surface area contributed by atoms with Crippen molar-refractivity contribution in [2.75, 3.05) is 26.7 Å². The number of hydrogen-bond donors (Lipinski definition) is 2. The van der Waals surface area contributed by atoms with Crippen LogP contribution in [0.2, 0.25) is 0 Å². The van der Waals surface area contributed by atoms with E-state index >= 15 is 0 Å². The lowest BCUT2D eigenvalue weighted by Crippen LogP contribution is -2.66. The average molecular weight is 431 g/mol. The maximum atomic E-state index is 12.5. The summed E-state index contributed by atoms with van der Waals surface area (Å²) in [6, 6.07) is 4.18. The van der Waals surface area contributed by atoms with Crippen LogP contribution in [-0.2, 0) is 26.1 Å². The lowest BCUT2D eigenvalue weighted by atomic mass is 9.51. The Labute approximate surface area is 181 Å². The van der Waals surface area contributed by atoms with Gasteiger partial charge in [-0.25, -0.2) is 4.79 Å². The minimum absolute atomic E-state index is 0.107. The van der Waals surface area contributed by atoms with Crippen molar-refractivity contribution in [1.29, 1.82) is 0 Å². The summed E-state index contributed by atoms with van der Waals surface area (Å²) < 4.78 is 17.1. The number of esters is 1. The average Bonchev–Trinajstić information content (AvgIpc) is 3.09. The number of phenols is 1. The van der Waals surface area contributed by atoms with E-state index in [-0.39, 0.29) is 36.2 Å². The first-order valence-electron chi connectivity index (χ1n) is 11.3. The molecule has 0 aromatic heterocycles. The molecule has 1 spiro atoms. The Hall–Kier alpha value is -2.48. The van der Waals surface area contributed by atoms with Crippen molar-refractivity contribution in [3.63, 3.8) is 0 Å². The zero-order valence-corrected chi connectivity index (χ0v) is 18.1. The number of likely N-dealkylation sites (N-methyl/N-ethyl adjacent to an activating group) is 1. The van der Waals surface area contributed by atoms with Gasteiger partial charge in [-0.15, -0.1) is 0 Å². The van der Waals surface area contributed by atoms with Crippen LogP contribution in [0.1, 0.15) is 43.7 Å². The van der Waals surface area contributed by atoms with Crippen molar-refractivity contribution in [1.82, 2.24) is 10.2 Å². The molecule has 1 saturated carbocycles. The number of alkyl carbamates (subject to hydrolysis) is 1. The summed E-state index contributed by atoms with van der Waals surface area (Å²) in [6.07, 6.45) is 2.40. The predicted octanol–water partition coefficient (Wildman–Crippen LogP) is 2.11. The number of nitrogens with zero attached hydrogens (tertiary/aromatic N) is 1. The monoisotopic (exact) mass is 430 g/mol. The minimum Gasteiger partial charge on any atom is -0.504 e. The molecule has 31 heavy (non-hydrogen) atoms. The Bertz CT molecular complexity index is 904. The quantitative estimate of drug-likeness (QED) is 0.691. The maximum absolute atomic E-state index is 12.5. The molecule has 0 radical (unpaired) electrons. The highest BCUT2D eigenvalue weighted by molar-refractivity contribution is 5.72. The molecule has 4 aliphatic rings. The minimum atomic E-state index is -0.548. The number of hydrogen-bond acceptors (Lipinski definition) is 7. The van der Waals surface area contributed by atoms with E-state index in [9.17, 15) is 14.7 Å². The van der Waals surface area contributed by atoms with Crippen LogP contribution < -0.4 is 10.1 Å². The van der Waals surface area contributed by atoms with E-state index in [2.05, 4.69) is 17.3 Å². The number of amides is 1. The van der Waals surface area contributed by atoms with E-state index in [0.29, 0.717) is 24.3 Å². The van der Waals surface area contributed by atoms with Crippen LogP contribution in [0.3, 0.4) is 0 Å². The van der Waals surface area contributed by atoms with Crippen molar-refractivity contribution < 1.29 is 28.9 Å². The second kappa shape index (κ2) is 7.58. The molecule has 1 aromatic carbocycles. The summed E-state index contributed by atoms with van der Waals surface area (Å²) in [5, 5.41) is 13.2. The number of carbonyl (C=O) groups is 2. The van der Waals surface area contributed by atoms with Gasteiger partial charge in [0.2, 0.25) is 0 Å². The van der Waals surface area contributed by atoms with Crippen molar-refractivity contribution >= 4 is 12.1 Å². The predicted molar refractivity (Wildman–Crippen MR) is 111 cm³/mol. The zero-order chi connectivity index (χ0) is 21.8. The molecule has 5 rings (SSSR count). The molecule has 1 amide bonds. The van der Waals surface area contributed by atoms with Crippen LogP contribution in [-0.4, -0.2) is 67.1 Å². The molecule has 5 atom stereocenters. The highest BCUT2D eigenvalue weighted by Crippen LogP contribution is 2.63. The molecule has 8 heteroatoms. The summed E-state index contributed by atoms with van der Waals surface area (Å²) in [4.78, 5) is 26.4. The first-order valence-corrected chi connectivity index (χ1v) is 11.3. The summed E-state index contributed by atoms with van der Waals surface area (Å²) in [5.41, 5.74) is 2.15. The number of phenolic OH excluding ortho intramolecular Hbond substituents is 1. The van der Waals surface area contributed by atoms with Gasteiger partial charge in [0.1, 0.15) is 12.2 Å². The largest absolute Gasteiger partial charge is 0.504 e. The van der Waals surface area contributed by atoms with Crippen LogP contribution in [0.5, 0.6) is 11.5 Å². The van der Waals surface area contributed by atoms with Gasteiger partial charge in [0, 0.05) is 23.6 Å².